The van der Waals surface area contributed by atoms with Gasteiger partial charge in [-0.1, -0.05) is 11.2 Å². The number of esters is 1. The Morgan fingerprint density at radius 3 is 2.64 bits per heavy atom. The number of ether oxygens (including phenoxy) is 1. The Kier molecular flexibility index (Phi) is 4.97. The van der Waals surface area contributed by atoms with Crippen LogP contribution in [0.25, 0.3) is 0 Å². The maximum absolute atomic E-state index is 12.1. The van der Waals surface area contributed by atoms with Gasteiger partial charge in [-0.2, -0.15) is 0 Å². The molecule has 0 spiro atoms. The number of nitrogens with one attached hydrogen (secondary N) is 1. The van der Waals surface area contributed by atoms with Crippen LogP contribution in [0.3, 0.4) is 0 Å². The van der Waals surface area contributed by atoms with Gasteiger partial charge in [-0.05, 0) is 54.4 Å². The number of rotatable bonds is 4. The number of carbonyl (C=O) groups excluding carboxylic acids is 2. The smallest absolute Gasteiger partial charge is 0.377 e. The van der Waals surface area contributed by atoms with Gasteiger partial charge in [0, 0.05) is 10.5 Å². The lowest BCUT2D eigenvalue weighted by molar-refractivity contribution is -0.123. The van der Waals surface area contributed by atoms with E-state index in [-0.39, 0.29) is 5.76 Å². The van der Waals surface area contributed by atoms with Crippen LogP contribution in [0, 0.1) is 13.8 Å². The van der Waals surface area contributed by atoms with Crippen molar-refractivity contribution in [3.63, 3.8) is 0 Å². The highest BCUT2D eigenvalue weighted by Gasteiger charge is 2.22. The van der Waals surface area contributed by atoms with Crippen molar-refractivity contribution in [2.75, 3.05) is 5.32 Å². The second-order valence-corrected chi connectivity index (χ2v) is 5.71. The molecule has 0 saturated heterocycles. The summed E-state index contributed by atoms with van der Waals surface area (Å²) in [7, 11) is 0. The average Bonchev–Trinajstić information content (AvgIpc) is 2.88. The van der Waals surface area contributed by atoms with Gasteiger partial charge in [-0.3, -0.25) is 4.79 Å². The molecule has 0 aliphatic heterocycles. The summed E-state index contributed by atoms with van der Waals surface area (Å²) in [5.41, 5.74) is 2.23. The molecule has 0 bridgehead atoms. The molecule has 7 heteroatoms. The first kappa shape index (κ1) is 16.2. The molecule has 2 aromatic rings. The topological polar surface area (TPSA) is 81.4 Å². The molecule has 6 nitrogen and oxygen atoms in total. The van der Waals surface area contributed by atoms with E-state index in [9.17, 15) is 9.59 Å². The minimum absolute atomic E-state index is 0.0336. The van der Waals surface area contributed by atoms with Gasteiger partial charge < -0.3 is 14.6 Å². The lowest BCUT2D eigenvalue weighted by atomic mass is 10.2. The molecular weight excluding hydrogens is 352 g/mol. The predicted octanol–water partition coefficient (Wildman–Crippen LogP) is 3.24. The first-order chi connectivity index (χ1) is 10.4. The van der Waals surface area contributed by atoms with Crippen LogP contribution in [0.1, 0.15) is 28.7 Å². The Hall–Kier alpha value is -2.15. The largest absolute Gasteiger partial charge is 0.447 e. The number of nitrogens with zero attached hydrogens (tertiary/aromatic N) is 1. The van der Waals surface area contributed by atoms with Gasteiger partial charge in [0.05, 0.1) is 11.4 Å². The van der Waals surface area contributed by atoms with E-state index >= 15 is 0 Å². The number of benzene rings is 1. The Morgan fingerprint density at radius 1 is 1.32 bits per heavy atom. The van der Waals surface area contributed by atoms with E-state index < -0.39 is 18.0 Å². The Balaban J connectivity index is 1.98. The van der Waals surface area contributed by atoms with Crippen LogP contribution in [0.4, 0.5) is 5.69 Å². The van der Waals surface area contributed by atoms with Crippen molar-refractivity contribution < 1.29 is 18.8 Å². The molecule has 0 saturated carbocycles. The Bertz CT molecular complexity index is 711. The summed E-state index contributed by atoms with van der Waals surface area (Å²) in [6.45, 7) is 5.12. The van der Waals surface area contributed by atoms with Crippen molar-refractivity contribution in [3.05, 3.63) is 45.8 Å². The van der Waals surface area contributed by atoms with E-state index in [1.807, 2.05) is 19.1 Å². The van der Waals surface area contributed by atoms with Gasteiger partial charge in [0.2, 0.25) is 5.76 Å². The average molecular weight is 367 g/mol. The number of hydrogen-bond acceptors (Lipinski definition) is 5. The summed E-state index contributed by atoms with van der Waals surface area (Å²) in [5, 5.41) is 6.28. The van der Waals surface area contributed by atoms with Crippen LogP contribution in [-0.4, -0.2) is 23.1 Å². The number of amides is 1. The summed E-state index contributed by atoms with van der Waals surface area (Å²) in [6.07, 6.45) is -0.967. The lowest BCUT2D eigenvalue weighted by Gasteiger charge is -2.13. The van der Waals surface area contributed by atoms with Gasteiger partial charge in [-0.15, -0.1) is 0 Å². The van der Waals surface area contributed by atoms with Crippen molar-refractivity contribution in [2.45, 2.75) is 26.9 Å². The molecule has 22 heavy (non-hydrogen) atoms. The van der Waals surface area contributed by atoms with Crippen molar-refractivity contribution in [2.24, 2.45) is 0 Å². The number of aromatic nitrogens is 1. The first-order valence-electron chi connectivity index (χ1n) is 6.58. The molecule has 1 amide bonds. The summed E-state index contributed by atoms with van der Waals surface area (Å²) in [4.78, 5) is 23.9. The van der Waals surface area contributed by atoms with E-state index in [0.29, 0.717) is 11.4 Å². The zero-order chi connectivity index (χ0) is 16.3. The van der Waals surface area contributed by atoms with Crippen LogP contribution < -0.4 is 5.32 Å². The number of hydrogen-bond donors (Lipinski definition) is 1. The number of halogens is 1. The summed E-state index contributed by atoms with van der Waals surface area (Å²) in [6, 6.07) is 6.97. The highest BCUT2D eigenvalue weighted by atomic mass is 79.9. The van der Waals surface area contributed by atoms with Gasteiger partial charge in [0.15, 0.2) is 6.10 Å². The second kappa shape index (κ2) is 6.74. The van der Waals surface area contributed by atoms with Gasteiger partial charge in [0.25, 0.3) is 5.91 Å². The zero-order valence-electron chi connectivity index (χ0n) is 12.3. The molecule has 1 N–H and O–H groups in total. The minimum Gasteiger partial charge on any atom is -0.447 e. The van der Waals surface area contributed by atoms with Crippen molar-refractivity contribution in [1.82, 2.24) is 5.16 Å². The molecule has 116 valence electrons. The van der Waals surface area contributed by atoms with E-state index in [4.69, 9.17) is 9.26 Å². The van der Waals surface area contributed by atoms with Crippen molar-refractivity contribution >= 4 is 33.5 Å². The van der Waals surface area contributed by atoms with Crippen LogP contribution in [-0.2, 0) is 9.53 Å². The fourth-order valence-electron chi connectivity index (χ4n) is 1.69. The third kappa shape index (κ3) is 3.94. The lowest BCUT2D eigenvalue weighted by Crippen LogP contribution is -2.30. The van der Waals surface area contributed by atoms with E-state index in [1.54, 1.807) is 13.0 Å². The molecule has 0 fully saturated rings. The third-order valence-electron chi connectivity index (χ3n) is 2.86. The maximum Gasteiger partial charge on any atom is 0.377 e. The monoisotopic (exact) mass is 366 g/mol. The van der Waals surface area contributed by atoms with Gasteiger partial charge >= 0.3 is 5.97 Å². The Morgan fingerprint density at radius 2 is 2.05 bits per heavy atom. The highest BCUT2D eigenvalue weighted by molar-refractivity contribution is 9.10. The quantitative estimate of drug-likeness (QED) is 0.839. The molecule has 0 radical (unpaired) electrons. The molecule has 0 aliphatic carbocycles. The maximum atomic E-state index is 12.1. The van der Waals surface area contributed by atoms with Gasteiger partial charge in [0.1, 0.15) is 0 Å². The fraction of sp³-hybridized carbons (Fsp3) is 0.267. The molecular formula is C15H15BrN2O4. The molecule has 1 aromatic carbocycles. The minimum atomic E-state index is -0.967. The number of carbonyl (C=O) groups is 2. The Labute approximate surface area is 135 Å². The predicted molar refractivity (Wildman–Crippen MR) is 83.6 cm³/mol. The van der Waals surface area contributed by atoms with Crippen LogP contribution in [0.2, 0.25) is 0 Å². The molecule has 2 rings (SSSR count). The molecule has 1 heterocycles. The summed E-state index contributed by atoms with van der Waals surface area (Å²) >= 11 is 3.37. The van der Waals surface area contributed by atoms with Crippen molar-refractivity contribution in [3.8, 4) is 0 Å². The third-order valence-corrected chi connectivity index (χ3v) is 3.52. The number of anilines is 1. The summed E-state index contributed by atoms with van der Waals surface area (Å²) in [5.74, 6) is -1.20. The van der Waals surface area contributed by atoms with Crippen LogP contribution in [0.15, 0.2) is 33.3 Å². The SMILES string of the molecule is Cc1ccc(NC(=O)[C@@H](C)OC(=O)c2cc(C)no2)c(Br)c1. The van der Waals surface area contributed by atoms with Crippen LogP contribution in [0.5, 0.6) is 0 Å². The van der Waals surface area contributed by atoms with E-state index in [2.05, 4.69) is 26.4 Å². The first-order valence-corrected chi connectivity index (χ1v) is 7.37. The highest BCUT2D eigenvalue weighted by Crippen LogP contribution is 2.23. The fourth-order valence-corrected chi connectivity index (χ4v) is 2.28. The number of aryl methyl sites for hydroxylation is 2. The molecule has 1 aromatic heterocycles. The summed E-state index contributed by atoms with van der Waals surface area (Å²) < 4.78 is 10.6. The molecule has 1 atom stereocenters. The van der Waals surface area contributed by atoms with Crippen molar-refractivity contribution in [1.29, 1.82) is 0 Å². The molecule has 0 unspecified atom stereocenters. The van der Waals surface area contributed by atoms with E-state index in [1.165, 1.54) is 13.0 Å². The normalized spacial score (nSPS) is 11.8. The van der Waals surface area contributed by atoms with Crippen LogP contribution >= 0.6 is 15.9 Å². The second-order valence-electron chi connectivity index (χ2n) is 4.85. The van der Waals surface area contributed by atoms with Gasteiger partial charge in [-0.25, -0.2) is 4.79 Å². The van der Waals surface area contributed by atoms with E-state index in [0.717, 1.165) is 10.0 Å². The standard InChI is InChI=1S/C15H15BrN2O4/c1-8-4-5-12(11(16)6-8)17-14(19)10(3)21-15(20)13-7-9(2)18-22-13/h4-7,10H,1-3H3,(H,17,19)/t10-/m1/s1. The zero-order valence-corrected chi connectivity index (χ0v) is 13.9. The molecule has 0 aliphatic rings.